The van der Waals surface area contributed by atoms with Gasteiger partial charge in [-0.25, -0.2) is 4.79 Å². The molecule has 1 aromatic rings. The molecule has 0 saturated carbocycles. The average Bonchev–Trinajstić information content (AvgIpc) is 2.18. The fourth-order valence-corrected chi connectivity index (χ4v) is 1.27. The highest BCUT2D eigenvalue weighted by Gasteiger charge is 2.11. The molecule has 82 valence electrons. The van der Waals surface area contributed by atoms with Crippen molar-refractivity contribution in [3.8, 4) is 0 Å². The summed E-state index contributed by atoms with van der Waals surface area (Å²) in [7, 11) is 3.36. The van der Waals surface area contributed by atoms with Crippen LogP contribution < -0.4 is 0 Å². The molecule has 0 aliphatic rings. The second-order valence-electron chi connectivity index (χ2n) is 3.78. The molecule has 0 spiro atoms. The lowest BCUT2D eigenvalue weighted by atomic mass is 10.1. The molecule has 0 saturated heterocycles. The van der Waals surface area contributed by atoms with E-state index < -0.39 is 0 Å². The molecular formula is C12H17NO2. The average molecular weight is 207 g/mol. The summed E-state index contributed by atoms with van der Waals surface area (Å²) >= 11 is 0. The van der Waals surface area contributed by atoms with Crippen LogP contribution in [0.25, 0.3) is 0 Å². The maximum atomic E-state index is 11.2. The van der Waals surface area contributed by atoms with Gasteiger partial charge in [-0.2, -0.15) is 0 Å². The van der Waals surface area contributed by atoms with E-state index in [1.807, 2.05) is 37.3 Å². The molecule has 1 aromatic carbocycles. The summed E-state index contributed by atoms with van der Waals surface area (Å²) in [6.45, 7) is 1.90. The van der Waals surface area contributed by atoms with E-state index in [9.17, 15) is 4.79 Å². The van der Waals surface area contributed by atoms with E-state index in [-0.39, 0.29) is 12.2 Å². The lowest BCUT2D eigenvalue weighted by molar-refractivity contribution is 0.0828. The smallest absolute Gasteiger partial charge is 0.409 e. The number of ether oxygens (including phenoxy) is 1. The minimum Gasteiger partial charge on any atom is -0.446 e. The van der Waals surface area contributed by atoms with Gasteiger partial charge in [-0.05, 0) is 12.5 Å². The Bertz CT molecular complexity index is 309. The van der Waals surface area contributed by atoms with Crippen LogP contribution in [0.5, 0.6) is 0 Å². The highest BCUT2D eigenvalue weighted by Crippen LogP contribution is 2.06. The molecule has 0 fully saturated rings. The minimum atomic E-state index is -0.293. The van der Waals surface area contributed by atoms with Crippen molar-refractivity contribution in [1.82, 2.24) is 4.90 Å². The van der Waals surface area contributed by atoms with Crippen molar-refractivity contribution in [1.29, 1.82) is 0 Å². The minimum absolute atomic E-state index is 0.0951. The first kappa shape index (κ1) is 11.6. The van der Waals surface area contributed by atoms with Crippen molar-refractivity contribution in [2.24, 2.45) is 0 Å². The standard InChI is InChI=1S/C12H17NO2/c1-10(15-12(14)13(2)3)9-11-7-5-4-6-8-11/h4-8,10H,9H2,1-3H3. The van der Waals surface area contributed by atoms with Crippen LogP contribution in [0.3, 0.4) is 0 Å². The molecule has 1 rings (SSSR count). The predicted octanol–water partition coefficient (Wildman–Crippen LogP) is 2.32. The largest absolute Gasteiger partial charge is 0.446 e. The van der Waals surface area contributed by atoms with Crippen LogP contribution in [-0.4, -0.2) is 31.2 Å². The van der Waals surface area contributed by atoms with Crippen molar-refractivity contribution in [2.75, 3.05) is 14.1 Å². The van der Waals surface area contributed by atoms with Gasteiger partial charge in [-0.1, -0.05) is 30.3 Å². The van der Waals surface area contributed by atoms with Gasteiger partial charge in [0.2, 0.25) is 0 Å². The molecule has 1 atom stereocenters. The van der Waals surface area contributed by atoms with E-state index in [1.54, 1.807) is 14.1 Å². The molecule has 3 nitrogen and oxygen atoms in total. The normalized spacial score (nSPS) is 11.9. The molecule has 0 N–H and O–H groups in total. The number of hydrogen-bond acceptors (Lipinski definition) is 2. The van der Waals surface area contributed by atoms with Gasteiger partial charge in [-0.3, -0.25) is 0 Å². The van der Waals surface area contributed by atoms with E-state index in [4.69, 9.17) is 4.74 Å². The van der Waals surface area contributed by atoms with Crippen molar-refractivity contribution in [3.63, 3.8) is 0 Å². The first-order chi connectivity index (χ1) is 7.09. The van der Waals surface area contributed by atoms with Gasteiger partial charge in [0.15, 0.2) is 0 Å². The summed E-state index contributed by atoms with van der Waals surface area (Å²) in [4.78, 5) is 12.7. The maximum Gasteiger partial charge on any atom is 0.409 e. The molecule has 15 heavy (non-hydrogen) atoms. The molecule has 3 heteroatoms. The van der Waals surface area contributed by atoms with Crippen molar-refractivity contribution in [3.05, 3.63) is 35.9 Å². The zero-order valence-corrected chi connectivity index (χ0v) is 9.43. The van der Waals surface area contributed by atoms with Crippen molar-refractivity contribution >= 4 is 6.09 Å². The van der Waals surface area contributed by atoms with E-state index in [2.05, 4.69) is 0 Å². The van der Waals surface area contributed by atoms with E-state index in [0.717, 1.165) is 6.42 Å². The van der Waals surface area contributed by atoms with Crippen molar-refractivity contribution in [2.45, 2.75) is 19.4 Å². The molecule has 0 aliphatic heterocycles. The Morgan fingerprint density at radius 1 is 1.33 bits per heavy atom. The molecule has 0 bridgehead atoms. The molecule has 0 aliphatic carbocycles. The fourth-order valence-electron chi connectivity index (χ4n) is 1.27. The second-order valence-corrected chi connectivity index (χ2v) is 3.78. The maximum absolute atomic E-state index is 11.2. The van der Waals surface area contributed by atoms with Crippen LogP contribution in [0.2, 0.25) is 0 Å². The SMILES string of the molecule is CC(Cc1ccccc1)OC(=O)N(C)C. The van der Waals surface area contributed by atoms with Gasteiger partial charge in [0.1, 0.15) is 6.10 Å². The van der Waals surface area contributed by atoms with Gasteiger partial charge >= 0.3 is 6.09 Å². The molecule has 1 amide bonds. The predicted molar refractivity (Wildman–Crippen MR) is 59.8 cm³/mol. The number of rotatable bonds is 3. The Labute approximate surface area is 90.7 Å². The monoisotopic (exact) mass is 207 g/mol. The van der Waals surface area contributed by atoms with Crippen LogP contribution in [0.4, 0.5) is 4.79 Å². The Kier molecular flexibility index (Phi) is 4.16. The summed E-state index contributed by atoms with van der Waals surface area (Å²) < 4.78 is 5.20. The number of hydrogen-bond donors (Lipinski definition) is 0. The van der Waals surface area contributed by atoms with E-state index in [0.29, 0.717) is 0 Å². The molecule has 0 radical (unpaired) electrons. The molecule has 1 unspecified atom stereocenters. The number of carbonyl (C=O) groups excluding carboxylic acids is 1. The summed E-state index contributed by atoms with van der Waals surface area (Å²) in [5, 5.41) is 0. The van der Waals surface area contributed by atoms with Gasteiger partial charge in [-0.15, -0.1) is 0 Å². The van der Waals surface area contributed by atoms with Crippen molar-refractivity contribution < 1.29 is 9.53 Å². The summed E-state index contributed by atoms with van der Waals surface area (Å²) in [5.41, 5.74) is 1.18. The van der Waals surface area contributed by atoms with Crippen LogP contribution in [-0.2, 0) is 11.2 Å². The Morgan fingerprint density at radius 3 is 2.47 bits per heavy atom. The lowest BCUT2D eigenvalue weighted by Gasteiger charge is -2.16. The quantitative estimate of drug-likeness (QED) is 0.761. The highest BCUT2D eigenvalue weighted by molar-refractivity contribution is 5.66. The number of benzene rings is 1. The Morgan fingerprint density at radius 2 is 1.93 bits per heavy atom. The fraction of sp³-hybridized carbons (Fsp3) is 0.417. The summed E-state index contributed by atoms with van der Waals surface area (Å²) in [6.07, 6.45) is 0.362. The third-order valence-corrected chi connectivity index (χ3v) is 2.03. The third kappa shape index (κ3) is 4.02. The van der Waals surface area contributed by atoms with E-state index in [1.165, 1.54) is 10.5 Å². The molecular weight excluding hydrogens is 190 g/mol. The zero-order valence-electron chi connectivity index (χ0n) is 9.43. The van der Waals surface area contributed by atoms with Crippen LogP contribution in [0, 0.1) is 0 Å². The van der Waals surface area contributed by atoms with Gasteiger partial charge < -0.3 is 9.64 Å². The lowest BCUT2D eigenvalue weighted by Crippen LogP contribution is -2.27. The molecule has 0 aromatic heterocycles. The summed E-state index contributed by atoms with van der Waals surface area (Å²) in [6, 6.07) is 9.99. The molecule has 0 heterocycles. The third-order valence-electron chi connectivity index (χ3n) is 2.03. The second kappa shape index (κ2) is 5.39. The zero-order chi connectivity index (χ0) is 11.3. The Hall–Kier alpha value is -1.51. The first-order valence-electron chi connectivity index (χ1n) is 5.01. The summed E-state index contributed by atoms with van der Waals surface area (Å²) in [5.74, 6) is 0. The van der Waals surface area contributed by atoms with E-state index >= 15 is 0 Å². The number of nitrogens with zero attached hydrogens (tertiary/aromatic N) is 1. The van der Waals surface area contributed by atoms with Crippen LogP contribution in [0.1, 0.15) is 12.5 Å². The van der Waals surface area contributed by atoms with Crippen LogP contribution in [0.15, 0.2) is 30.3 Å². The first-order valence-corrected chi connectivity index (χ1v) is 5.01. The van der Waals surface area contributed by atoms with Gasteiger partial charge in [0.25, 0.3) is 0 Å². The van der Waals surface area contributed by atoms with Gasteiger partial charge in [0.05, 0.1) is 0 Å². The topological polar surface area (TPSA) is 29.5 Å². The number of amides is 1. The highest BCUT2D eigenvalue weighted by atomic mass is 16.6. The number of carbonyl (C=O) groups is 1. The van der Waals surface area contributed by atoms with Crippen LogP contribution >= 0.6 is 0 Å². The van der Waals surface area contributed by atoms with Gasteiger partial charge in [0, 0.05) is 20.5 Å². The Balaban J connectivity index is 2.43.